The van der Waals surface area contributed by atoms with Crippen molar-refractivity contribution in [3.8, 4) is 11.5 Å². The summed E-state index contributed by atoms with van der Waals surface area (Å²) in [4.78, 5) is 0. The van der Waals surface area contributed by atoms with Gasteiger partial charge < -0.3 is 10.5 Å². The molecule has 100 valence electrons. The molecule has 2 rings (SSSR count). The molecule has 2 N–H and O–H groups in total. The number of benzene rings is 2. The Morgan fingerprint density at radius 2 is 1.53 bits per heavy atom. The van der Waals surface area contributed by atoms with Crippen molar-refractivity contribution in [2.24, 2.45) is 5.73 Å². The van der Waals surface area contributed by atoms with E-state index in [1.54, 1.807) is 0 Å². The topological polar surface area (TPSA) is 35.2 Å². The van der Waals surface area contributed by atoms with Gasteiger partial charge in [0.2, 0.25) is 0 Å². The Balaban J connectivity index is 2.21. The predicted octanol–water partition coefficient (Wildman–Crippen LogP) is 4.62. The molecule has 0 saturated carbocycles. The number of rotatable bonds is 4. The molecule has 2 aromatic carbocycles. The average molecular weight is 255 g/mol. The SMILES string of the molecule is CC(C)c1ccc(Oc2ccccc2[C@@H](C)N)cc1. The minimum absolute atomic E-state index is 0.0360. The van der Waals surface area contributed by atoms with Crippen LogP contribution in [0.3, 0.4) is 0 Å². The maximum Gasteiger partial charge on any atom is 0.132 e. The summed E-state index contributed by atoms with van der Waals surface area (Å²) in [6, 6.07) is 16.1. The van der Waals surface area contributed by atoms with E-state index in [0.29, 0.717) is 5.92 Å². The third-order valence-electron chi connectivity index (χ3n) is 3.18. The normalized spacial score (nSPS) is 12.5. The van der Waals surface area contributed by atoms with Crippen molar-refractivity contribution in [1.82, 2.24) is 0 Å². The second kappa shape index (κ2) is 5.89. The van der Waals surface area contributed by atoms with Crippen LogP contribution in [0.5, 0.6) is 11.5 Å². The van der Waals surface area contributed by atoms with E-state index in [1.165, 1.54) is 5.56 Å². The molecule has 1 atom stereocenters. The third kappa shape index (κ3) is 3.36. The molecule has 0 aliphatic heterocycles. The zero-order valence-corrected chi connectivity index (χ0v) is 11.8. The van der Waals surface area contributed by atoms with Gasteiger partial charge in [0.1, 0.15) is 11.5 Å². The molecule has 2 nitrogen and oxygen atoms in total. The summed E-state index contributed by atoms with van der Waals surface area (Å²) in [5.41, 5.74) is 8.29. The van der Waals surface area contributed by atoms with Gasteiger partial charge in [-0.3, -0.25) is 0 Å². The molecular formula is C17H21NO. The summed E-state index contributed by atoms with van der Waals surface area (Å²) in [5.74, 6) is 2.21. The van der Waals surface area contributed by atoms with E-state index in [2.05, 4.69) is 26.0 Å². The maximum atomic E-state index is 5.95. The predicted molar refractivity (Wildman–Crippen MR) is 79.6 cm³/mol. The summed E-state index contributed by atoms with van der Waals surface area (Å²) < 4.78 is 5.93. The van der Waals surface area contributed by atoms with Crippen LogP contribution in [0.4, 0.5) is 0 Å². The molecule has 0 radical (unpaired) electrons. The van der Waals surface area contributed by atoms with Crippen LogP contribution >= 0.6 is 0 Å². The van der Waals surface area contributed by atoms with Crippen LogP contribution in [-0.4, -0.2) is 0 Å². The van der Waals surface area contributed by atoms with E-state index >= 15 is 0 Å². The molecule has 0 unspecified atom stereocenters. The number of nitrogens with two attached hydrogens (primary N) is 1. The fourth-order valence-corrected chi connectivity index (χ4v) is 2.00. The lowest BCUT2D eigenvalue weighted by molar-refractivity contribution is 0.472. The molecule has 0 aliphatic rings. The van der Waals surface area contributed by atoms with Crippen LogP contribution in [0.2, 0.25) is 0 Å². The zero-order chi connectivity index (χ0) is 13.8. The summed E-state index contributed by atoms with van der Waals surface area (Å²) >= 11 is 0. The van der Waals surface area contributed by atoms with Crippen molar-refractivity contribution in [3.63, 3.8) is 0 Å². The summed E-state index contributed by atoms with van der Waals surface area (Å²) in [6.07, 6.45) is 0. The largest absolute Gasteiger partial charge is 0.457 e. The second-order valence-electron chi connectivity index (χ2n) is 5.15. The van der Waals surface area contributed by atoms with Crippen molar-refractivity contribution in [2.75, 3.05) is 0 Å². The Labute approximate surface area is 115 Å². The van der Waals surface area contributed by atoms with E-state index in [9.17, 15) is 0 Å². The van der Waals surface area contributed by atoms with E-state index < -0.39 is 0 Å². The summed E-state index contributed by atoms with van der Waals surface area (Å²) in [7, 11) is 0. The minimum atomic E-state index is -0.0360. The molecule has 19 heavy (non-hydrogen) atoms. The maximum absolute atomic E-state index is 5.95. The second-order valence-corrected chi connectivity index (χ2v) is 5.15. The van der Waals surface area contributed by atoms with Crippen LogP contribution in [0.1, 0.15) is 43.9 Å². The summed E-state index contributed by atoms with van der Waals surface area (Å²) in [5, 5.41) is 0. The Morgan fingerprint density at radius 3 is 2.11 bits per heavy atom. The van der Waals surface area contributed by atoms with Crippen LogP contribution in [0, 0.1) is 0 Å². The Morgan fingerprint density at radius 1 is 0.895 bits per heavy atom. The Bertz CT molecular complexity index is 529. The standard InChI is InChI=1S/C17H21NO/c1-12(2)14-8-10-15(11-9-14)19-17-7-5-4-6-16(17)13(3)18/h4-13H,18H2,1-3H3/t13-/m1/s1. The highest BCUT2D eigenvalue weighted by atomic mass is 16.5. The molecule has 0 aliphatic carbocycles. The molecule has 0 spiro atoms. The molecule has 0 aromatic heterocycles. The lowest BCUT2D eigenvalue weighted by atomic mass is 10.0. The number of hydrogen-bond acceptors (Lipinski definition) is 2. The van der Waals surface area contributed by atoms with Gasteiger partial charge in [0.05, 0.1) is 0 Å². The van der Waals surface area contributed by atoms with Crippen LogP contribution in [-0.2, 0) is 0 Å². The number of para-hydroxylation sites is 1. The van der Waals surface area contributed by atoms with Gasteiger partial charge in [-0.25, -0.2) is 0 Å². The average Bonchev–Trinajstić information content (AvgIpc) is 2.39. The molecule has 0 fully saturated rings. The molecule has 0 heterocycles. The van der Waals surface area contributed by atoms with Gasteiger partial charge in [-0.15, -0.1) is 0 Å². The van der Waals surface area contributed by atoms with Crippen molar-refractivity contribution < 1.29 is 4.74 Å². The first-order valence-corrected chi connectivity index (χ1v) is 6.70. The van der Waals surface area contributed by atoms with Gasteiger partial charge in [0.15, 0.2) is 0 Å². The molecule has 0 amide bonds. The van der Waals surface area contributed by atoms with Crippen molar-refractivity contribution in [3.05, 3.63) is 59.7 Å². The highest BCUT2D eigenvalue weighted by Gasteiger charge is 2.08. The first-order chi connectivity index (χ1) is 9.08. The van der Waals surface area contributed by atoms with Gasteiger partial charge in [-0.1, -0.05) is 44.2 Å². The first kappa shape index (κ1) is 13.6. The highest BCUT2D eigenvalue weighted by molar-refractivity contribution is 5.40. The van der Waals surface area contributed by atoms with Gasteiger partial charge in [0.25, 0.3) is 0 Å². The first-order valence-electron chi connectivity index (χ1n) is 6.70. The van der Waals surface area contributed by atoms with Gasteiger partial charge >= 0.3 is 0 Å². The van der Waals surface area contributed by atoms with Crippen molar-refractivity contribution in [1.29, 1.82) is 0 Å². The van der Waals surface area contributed by atoms with E-state index in [0.717, 1.165) is 17.1 Å². The fraction of sp³-hybridized carbons (Fsp3) is 0.294. The summed E-state index contributed by atoms with van der Waals surface area (Å²) in [6.45, 7) is 6.33. The van der Waals surface area contributed by atoms with Crippen molar-refractivity contribution >= 4 is 0 Å². The lowest BCUT2D eigenvalue weighted by Crippen LogP contribution is -2.06. The smallest absolute Gasteiger partial charge is 0.132 e. The highest BCUT2D eigenvalue weighted by Crippen LogP contribution is 2.29. The minimum Gasteiger partial charge on any atom is -0.457 e. The van der Waals surface area contributed by atoms with E-state index in [4.69, 9.17) is 10.5 Å². The quantitative estimate of drug-likeness (QED) is 0.865. The molecular weight excluding hydrogens is 234 g/mol. The third-order valence-corrected chi connectivity index (χ3v) is 3.18. The van der Waals surface area contributed by atoms with Crippen LogP contribution < -0.4 is 10.5 Å². The Hall–Kier alpha value is -1.80. The van der Waals surface area contributed by atoms with Gasteiger partial charge in [-0.2, -0.15) is 0 Å². The number of ether oxygens (including phenoxy) is 1. The van der Waals surface area contributed by atoms with E-state index in [-0.39, 0.29) is 6.04 Å². The molecule has 2 heteroatoms. The van der Waals surface area contributed by atoms with E-state index in [1.807, 2.05) is 43.3 Å². The van der Waals surface area contributed by atoms with Crippen molar-refractivity contribution in [2.45, 2.75) is 32.7 Å². The Kier molecular flexibility index (Phi) is 4.23. The lowest BCUT2D eigenvalue weighted by Gasteiger charge is -2.14. The van der Waals surface area contributed by atoms with Crippen LogP contribution in [0.25, 0.3) is 0 Å². The van der Waals surface area contributed by atoms with Crippen LogP contribution in [0.15, 0.2) is 48.5 Å². The zero-order valence-electron chi connectivity index (χ0n) is 11.8. The molecule has 0 saturated heterocycles. The monoisotopic (exact) mass is 255 g/mol. The fourth-order valence-electron chi connectivity index (χ4n) is 2.00. The molecule has 0 bridgehead atoms. The van der Waals surface area contributed by atoms with Gasteiger partial charge in [-0.05, 0) is 36.6 Å². The number of hydrogen-bond donors (Lipinski definition) is 1. The molecule has 2 aromatic rings. The van der Waals surface area contributed by atoms with Gasteiger partial charge in [0, 0.05) is 11.6 Å².